The summed E-state index contributed by atoms with van der Waals surface area (Å²) < 4.78 is 0.999. The molecule has 0 saturated heterocycles. The Bertz CT molecular complexity index is 981. The molecule has 1 aliphatic rings. The Balaban J connectivity index is 1.73. The number of rotatable bonds is 7. The Morgan fingerprint density at radius 2 is 1.24 bits per heavy atom. The van der Waals surface area contributed by atoms with E-state index in [1.54, 1.807) is 0 Å². The van der Waals surface area contributed by atoms with Crippen molar-refractivity contribution in [2.45, 2.75) is 6.42 Å². The minimum Gasteiger partial charge on any atom is -0.618 e. The van der Waals surface area contributed by atoms with Crippen LogP contribution in [0.15, 0.2) is 72.8 Å². The standard InChI is InChI=1S/C24H24N2O3/c27-16-5-14-25(15-17-28)18-10-12-19(13-11-18)26(29)24-22-8-3-1-6-20(22)21-7-2-4-9-23(21)24/h1-4,6-13,27-28H,5,14-17H2. The normalized spacial score (nSPS) is 11.9. The van der Waals surface area contributed by atoms with Crippen molar-refractivity contribution < 1.29 is 15.0 Å². The van der Waals surface area contributed by atoms with Crippen LogP contribution < -0.4 is 4.90 Å². The molecule has 0 atom stereocenters. The van der Waals surface area contributed by atoms with Crippen LogP contribution in [0.5, 0.6) is 0 Å². The van der Waals surface area contributed by atoms with Crippen molar-refractivity contribution in [1.29, 1.82) is 0 Å². The minimum absolute atomic E-state index is 0.0341. The molecule has 0 heterocycles. The second-order valence-electron chi connectivity index (χ2n) is 7.04. The van der Waals surface area contributed by atoms with Crippen molar-refractivity contribution >= 4 is 17.1 Å². The van der Waals surface area contributed by atoms with Crippen LogP contribution in [0.2, 0.25) is 0 Å². The topological polar surface area (TPSA) is 69.8 Å². The second-order valence-corrected chi connectivity index (χ2v) is 7.04. The highest BCUT2D eigenvalue weighted by Crippen LogP contribution is 2.37. The number of fused-ring (bicyclic) bond motifs is 3. The molecule has 3 aromatic rings. The van der Waals surface area contributed by atoms with Gasteiger partial charge in [-0.3, -0.25) is 0 Å². The fourth-order valence-electron chi connectivity index (χ4n) is 3.89. The number of hydrogen-bond donors (Lipinski definition) is 2. The van der Waals surface area contributed by atoms with Crippen LogP contribution in [0, 0.1) is 5.21 Å². The van der Waals surface area contributed by atoms with Gasteiger partial charge in [-0.05, 0) is 41.8 Å². The Morgan fingerprint density at radius 1 is 0.690 bits per heavy atom. The van der Waals surface area contributed by atoms with Gasteiger partial charge in [0.2, 0.25) is 11.4 Å². The summed E-state index contributed by atoms with van der Waals surface area (Å²) in [6.07, 6.45) is 0.626. The number of hydrogen-bond acceptors (Lipinski definition) is 4. The average Bonchev–Trinajstić information content (AvgIpc) is 3.11. The van der Waals surface area contributed by atoms with E-state index in [2.05, 4.69) is 0 Å². The summed E-state index contributed by atoms with van der Waals surface area (Å²) in [5.41, 5.74) is 6.18. The van der Waals surface area contributed by atoms with Crippen molar-refractivity contribution in [2.24, 2.45) is 0 Å². The molecule has 0 radical (unpaired) electrons. The maximum atomic E-state index is 13.3. The molecule has 3 aromatic carbocycles. The van der Waals surface area contributed by atoms with Crippen LogP contribution in [-0.2, 0) is 0 Å². The van der Waals surface area contributed by atoms with Gasteiger partial charge < -0.3 is 20.3 Å². The van der Waals surface area contributed by atoms with Gasteiger partial charge in [0.1, 0.15) is 0 Å². The van der Waals surface area contributed by atoms with Crippen LogP contribution >= 0.6 is 0 Å². The highest BCUT2D eigenvalue weighted by molar-refractivity contribution is 6.22. The molecule has 5 heteroatoms. The Morgan fingerprint density at radius 3 is 1.76 bits per heavy atom. The fraction of sp³-hybridized carbons (Fsp3) is 0.208. The molecule has 4 rings (SSSR count). The molecule has 0 spiro atoms. The van der Waals surface area contributed by atoms with Gasteiger partial charge in [0.05, 0.1) is 17.7 Å². The Hall–Kier alpha value is -3.15. The number of aliphatic hydroxyl groups is 2. The molecule has 0 fully saturated rings. The van der Waals surface area contributed by atoms with Gasteiger partial charge in [-0.15, -0.1) is 0 Å². The van der Waals surface area contributed by atoms with Gasteiger partial charge in [0.15, 0.2) is 0 Å². The molecule has 29 heavy (non-hydrogen) atoms. The molecule has 148 valence electrons. The third kappa shape index (κ3) is 3.62. The van der Waals surface area contributed by atoms with Crippen LogP contribution in [0.3, 0.4) is 0 Å². The Kier molecular flexibility index (Phi) is 5.60. The summed E-state index contributed by atoms with van der Waals surface area (Å²) in [4.78, 5) is 2.00. The third-order valence-electron chi connectivity index (χ3n) is 5.26. The highest BCUT2D eigenvalue weighted by Gasteiger charge is 2.30. The molecular weight excluding hydrogens is 364 g/mol. The lowest BCUT2D eigenvalue weighted by Crippen LogP contribution is -2.28. The van der Waals surface area contributed by atoms with E-state index in [9.17, 15) is 10.3 Å². The summed E-state index contributed by atoms with van der Waals surface area (Å²) in [6, 6.07) is 23.4. The van der Waals surface area contributed by atoms with E-state index in [-0.39, 0.29) is 13.2 Å². The zero-order chi connectivity index (χ0) is 20.2. The third-order valence-corrected chi connectivity index (χ3v) is 5.26. The first kappa shape index (κ1) is 19.2. The monoisotopic (exact) mass is 388 g/mol. The second kappa shape index (κ2) is 8.47. The van der Waals surface area contributed by atoms with Crippen molar-refractivity contribution in [1.82, 2.24) is 0 Å². The molecule has 0 saturated carbocycles. The van der Waals surface area contributed by atoms with E-state index in [0.717, 1.165) is 32.7 Å². The van der Waals surface area contributed by atoms with Gasteiger partial charge in [-0.1, -0.05) is 36.4 Å². The summed E-state index contributed by atoms with van der Waals surface area (Å²) in [5.74, 6) is 0. The minimum atomic E-state index is 0.0341. The van der Waals surface area contributed by atoms with Crippen LogP contribution in [0.4, 0.5) is 11.4 Å². The highest BCUT2D eigenvalue weighted by atomic mass is 16.5. The Labute approximate surface area is 170 Å². The zero-order valence-electron chi connectivity index (χ0n) is 16.2. The van der Waals surface area contributed by atoms with Crippen molar-refractivity contribution in [3.8, 4) is 11.1 Å². The first-order valence-corrected chi connectivity index (χ1v) is 9.84. The van der Waals surface area contributed by atoms with Crippen LogP contribution in [-0.4, -0.2) is 47.0 Å². The van der Waals surface area contributed by atoms with E-state index < -0.39 is 0 Å². The van der Waals surface area contributed by atoms with Crippen molar-refractivity contribution in [3.63, 3.8) is 0 Å². The van der Waals surface area contributed by atoms with Gasteiger partial charge in [-0.2, -0.15) is 4.74 Å². The maximum Gasteiger partial charge on any atom is 0.232 e. The summed E-state index contributed by atoms with van der Waals surface area (Å²) in [7, 11) is 0. The van der Waals surface area contributed by atoms with E-state index in [1.165, 1.54) is 0 Å². The predicted molar refractivity (Wildman–Crippen MR) is 116 cm³/mol. The molecule has 0 amide bonds. The molecule has 0 aliphatic heterocycles. The summed E-state index contributed by atoms with van der Waals surface area (Å²) >= 11 is 0. The zero-order valence-corrected chi connectivity index (χ0v) is 16.2. The van der Waals surface area contributed by atoms with E-state index >= 15 is 0 Å². The number of benzene rings is 3. The van der Waals surface area contributed by atoms with Crippen LogP contribution in [0.25, 0.3) is 11.1 Å². The largest absolute Gasteiger partial charge is 0.618 e. The molecule has 5 nitrogen and oxygen atoms in total. The van der Waals surface area contributed by atoms with Gasteiger partial charge >= 0.3 is 0 Å². The first-order valence-electron chi connectivity index (χ1n) is 9.84. The molecule has 1 aliphatic carbocycles. The fourth-order valence-corrected chi connectivity index (χ4v) is 3.89. The first-order chi connectivity index (χ1) is 14.2. The van der Waals surface area contributed by atoms with Crippen molar-refractivity contribution in [3.05, 3.63) is 89.1 Å². The van der Waals surface area contributed by atoms with E-state index in [1.807, 2.05) is 77.7 Å². The molecule has 0 bridgehead atoms. The van der Waals surface area contributed by atoms with Crippen molar-refractivity contribution in [2.75, 3.05) is 31.2 Å². The molecule has 0 unspecified atom stereocenters. The SMILES string of the molecule is [O-][N+](=C1c2ccccc2-c2ccccc21)c1ccc(N(CCO)CCCO)cc1. The summed E-state index contributed by atoms with van der Waals surface area (Å²) in [5, 5.41) is 31.7. The number of nitrogens with zero attached hydrogens (tertiary/aromatic N) is 2. The predicted octanol–water partition coefficient (Wildman–Crippen LogP) is 3.53. The lowest BCUT2D eigenvalue weighted by molar-refractivity contribution is -0.359. The van der Waals surface area contributed by atoms with E-state index in [4.69, 9.17) is 5.11 Å². The molecular formula is C24H24N2O3. The summed E-state index contributed by atoms with van der Waals surface area (Å²) in [6.45, 7) is 1.27. The van der Waals surface area contributed by atoms with Gasteiger partial charge in [0.25, 0.3) is 0 Å². The quantitative estimate of drug-likeness (QED) is 0.289. The lowest BCUT2D eigenvalue weighted by atomic mass is 10.1. The number of anilines is 1. The van der Waals surface area contributed by atoms with Gasteiger partial charge in [0, 0.05) is 37.5 Å². The number of aliphatic hydroxyl groups excluding tert-OH is 2. The molecule has 2 N–H and O–H groups in total. The maximum absolute atomic E-state index is 13.3. The van der Waals surface area contributed by atoms with Crippen LogP contribution in [0.1, 0.15) is 17.5 Å². The van der Waals surface area contributed by atoms with Gasteiger partial charge in [-0.25, -0.2) is 0 Å². The average molecular weight is 388 g/mol. The molecule has 0 aromatic heterocycles. The smallest absolute Gasteiger partial charge is 0.232 e. The van der Waals surface area contributed by atoms with E-state index in [0.29, 0.717) is 30.9 Å². The lowest BCUT2D eigenvalue weighted by Gasteiger charge is -2.23.